The molecule has 0 aliphatic heterocycles. The highest BCUT2D eigenvalue weighted by Crippen LogP contribution is 2.27. The molecular formula is C24H20Cl2N6O4. The number of hydrogen-bond acceptors (Lipinski definition) is 6. The lowest BCUT2D eigenvalue weighted by atomic mass is 9.92. The number of nitrogens with zero attached hydrogens (tertiary/aromatic N) is 4. The van der Waals surface area contributed by atoms with Gasteiger partial charge in [-0.15, -0.1) is 23.2 Å². The lowest BCUT2D eigenvalue weighted by molar-refractivity contribution is -0.116. The van der Waals surface area contributed by atoms with Gasteiger partial charge in [0.25, 0.3) is 0 Å². The van der Waals surface area contributed by atoms with Gasteiger partial charge in [-0.1, -0.05) is 0 Å². The molecular weight excluding hydrogens is 507 g/mol. The van der Waals surface area contributed by atoms with E-state index in [4.69, 9.17) is 23.2 Å². The van der Waals surface area contributed by atoms with Crippen molar-refractivity contribution in [2.45, 2.75) is 37.7 Å². The maximum absolute atomic E-state index is 13.1. The van der Waals surface area contributed by atoms with Crippen molar-refractivity contribution in [3.8, 4) is 0 Å². The van der Waals surface area contributed by atoms with E-state index in [1.54, 1.807) is 45.5 Å². The predicted octanol–water partition coefficient (Wildman–Crippen LogP) is 3.22. The number of Topliss-reactive ketones (excluding diaryl/α,β-unsaturated/α-hetero) is 2. The van der Waals surface area contributed by atoms with Crippen LogP contribution in [0.25, 0.3) is 22.1 Å². The normalized spacial score (nSPS) is 20.9. The average molecular weight is 527 g/mol. The first-order valence-electron chi connectivity index (χ1n) is 11.2. The van der Waals surface area contributed by atoms with E-state index in [1.165, 1.54) is 0 Å². The second-order valence-corrected chi connectivity index (χ2v) is 9.07. The number of aryl methyl sites for hydroxylation is 2. The van der Waals surface area contributed by atoms with Crippen LogP contribution in [0, 0.1) is 0 Å². The topological polar surface area (TPSA) is 134 Å². The van der Waals surface area contributed by atoms with Crippen molar-refractivity contribution >= 4 is 79.6 Å². The van der Waals surface area contributed by atoms with Crippen LogP contribution in [-0.4, -0.2) is 52.8 Å². The van der Waals surface area contributed by atoms with Crippen LogP contribution in [0.2, 0.25) is 0 Å². The van der Waals surface area contributed by atoms with Gasteiger partial charge in [0, 0.05) is 13.1 Å². The van der Waals surface area contributed by atoms with Crippen LogP contribution in [0.5, 0.6) is 0 Å². The first-order chi connectivity index (χ1) is 17.2. The Morgan fingerprint density at radius 2 is 1.11 bits per heavy atom. The van der Waals surface area contributed by atoms with Crippen molar-refractivity contribution in [1.29, 1.82) is 0 Å². The molecule has 184 valence electrons. The first kappa shape index (κ1) is 24.0. The highest BCUT2D eigenvalue weighted by Gasteiger charge is 2.44. The molecule has 2 aromatic carbocycles. The minimum Gasteiger partial charge on any atom is -0.305 e. The molecule has 1 fully saturated rings. The number of aromatic amines is 2. The second-order valence-electron chi connectivity index (χ2n) is 8.20. The summed E-state index contributed by atoms with van der Waals surface area (Å²) in [5.74, 6) is -1.28. The van der Waals surface area contributed by atoms with E-state index in [0.29, 0.717) is 46.5 Å². The molecule has 1 aliphatic carbocycles. The average Bonchev–Trinajstić information content (AvgIpc) is 3.36. The summed E-state index contributed by atoms with van der Waals surface area (Å²) in [5, 5.41) is -2.77. The summed E-state index contributed by atoms with van der Waals surface area (Å²) >= 11 is 12.7. The summed E-state index contributed by atoms with van der Waals surface area (Å²) < 4.78 is 3.13. The number of hydrogen-bond donors (Lipinski definition) is 2. The molecule has 36 heavy (non-hydrogen) atoms. The van der Waals surface area contributed by atoms with E-state index in [2.05, 4.69) is 20.0 Å². The molecule has 12 heteroatoms. The first-order valence-corrected chi connectivity index (χ1v) is 12.1. The van der Waals surface area contributed by atoms with Crippen LogP contribution in [0.4, 0.5) is 11.4 Å². The van der Waals surface area contributed by atoms with Crippen LogP contribution in [-0.2, 0) is 22.7 Å². The molecule has 2 unspecified atom stereocenters. The number of rotatable bonds is 4. The molecule has 2 heterocycles. The zero-order valence-electron chi connectivity index (χ0n) is 19.2. The van der Waals surface area contributed by atoms with Crippen molar-refractivity contribution in [2.24, 2.45) is 9.98 Å². The maximum atomic E-state index is 13.1. The van der Waals surface area contributed by atoms with E-state index >= 15 is 0 Å². The summed E-state index contributed by atoms with van der Waals surface area (Å²) in [6.07, 6.45) is 0. The van der Waals surface area contributed by atoms with Gasteiger partial charge in [-0.25, -0.2) is 19.6 Å². The molecule has 2 N–H and O–H groups in total. The number of aliphatic imine (C=N–C) groups is 2. The Morgan fingerprint density at radius 3 is 1.47 bits per heavy atom. The molecule has 4 aromatic rings. The van der Waals surface area contributed by atoms with Crippen LogP contribution in [0.3, 0.4) is 0 Å². The quantitative estimate of drug-likeness (QED) is 0.394. The Labute approximate surface area is 213 Å². The standard InChI is InChI=1S/C24H20Cl2N6O4/c1-3-31-15-7-5-11(9-13(15)29-23(31)35)27-19-17(25)22(34)20(18(26)21(19)33)28-12-6-8-16-14(10-12)30-24(36)32(16)4-2/h5-10,17-18H,3-4H2,1-2H3,(H,29,35)(H,30,36). The minimum absolute atomic E-state index is 0.197. The smallest absolute Gasteiger partial charge is 0.305 e. The summed E-state index contributed by atoms with van der Waals surface area (Å²) in [7, 11) is 0. The molecule has 0 bridgehead atoms. The molecule has 1 aliphatic rings. The summed E-state index contributed by atoms with van der Waals surface area (Å²) in [6, 6.07) is 9.85. The van der Waals surface area contributed by atoms with Crippen molar-refractivity contribution < 1.29 is 9.59 Å². The molecule has 10 nitrogen and oxygen atoms in total. The third-order valence-electron chi connectivity index (χ3n) is 6.09. The molecule has 0 saturated heterocycles. The monoisotopic (exact) mass is 526 g/mol. The number of aromatic nitrogens is 4. The van der Waals surface area contributed by atoms with E-state index in [0.717, 1.165) is 0 Å². The predicted molar refractivity (Wildman–Crippen MR) is 140 cm³/mol. The minimum atomic E-state index is -1.38. The van der Waals surface area contributed by atoms with Gasteiger partial charge in [-0.3, -0.25) is 18.7 Å². The summed E-state index contributed by atoms with van der Waals surface area (Å²) in [5.41, 5.74) is 2.24. The van der Waals surface area contributed by atoms with Crippen molar-refractivity contribution in [1.82, 2.24) is 19.1 Å². The van der Waals surface area contributed by atoms with Crippen molar-refractivity contribution in [2.75, 3.05) is 0 Å². The SMILES string of the molecule is CCn1c(=O)[nH]c2cc(N=C3C(=O)C(Cl)C(=Nc4ccc5c(c4)[nH]c(=O)n5CC)C(=O)C3Cl)ccc21. The van der Waals surface area contributed by atoms with Gasteiger partial charge in [-0.05, 0) is 50.2 Å². The molecule has 1 saturated carbocycles. The van der Waals surface area contributed by atoms with Crippen molar-refractivity contribution in [3.05, 3.63) is 57.4 Å². The lowest BCUT2D eigenvalue weighted by Crippen LogP contribution is -2.50. The highest BCUT2D eigenvalue weighted by atomic mass is 35.5. The number of ketones is 2. The molecule has 2 atom stereocenters. The Bertz CT molecular complexity index is 1610. The van der Waals surface area contributed by atoms with E-state index in [9.17, 15) is 19.2 Å². The van der Waals surface area contributed by atoms with E-state index in [1.807, 2.05) is 13.8 Å². The van der Waals surface area contributed by atoms with Gasteiger partial charge in [0.1, 0.15) is 22.2 Å². The Balaban J connectivity index is 1.50. The summed E-state index contributed by atoms with van der Waals surface area (Å²) in [4.78, 5) is 64.3. The van der Waals surface area contributed by atoms with Gasteiger partial charge in [-0.2, -0.15) is 0 Å². The number of H-pyrrole nitrogens is 2. The molecule has 0 amide bonds. The number of imidazole rings is 2. The van der Waals surface area contributed by atoms with Crippen molar-refractivity contribution in [3.63, 3.8) is 0 Å². The zero-order valence-corrected chi connectivity index (χ0v) is 20.7. The second kappa shape index (κ2) is 9.03. The van der Waals surface area contributed by atoms with Crippen LogP contribution < -0.4 is 11.4 Å². The van der Waals surface area contributed by atoms with Crippen LogP contribution in [0.15, 0.2) is 56.0 Å². The fraction of sp³-hybridized carbons (Fsp3) is 0.250. The van der Waals surface area contributed by atoms with E-state index in [-0.39, 0.29) is 22.8 Å². The van der Waals surface area contributed by atoms with Crippen LogP contribution in [0.1, 0.15) is 13.8 Å². The third kappa shape index (κ3) is 3.82. The van der Waals surface area contributed by atoms with Gasteiger partial charge in [0.2, 0.25) is 11.6 Å². The van der Waals surface area contributed by atoms with Crippen LogP contribution >= 0.6 is 23.2 Å². The number of halogens is 2. The number of fused-ring (bicyclic) bond motifs is 2. The molecule has 0 spiro atoms. The van der Waals surface area contributed by atoms with Gasteiger partial charge >= 0.3 is 11.4 Å². The van der Waals surface area contributed by atoms with Gasteiger partial charge in [0.15, 0.2) is 0 Å². The fourth-order valence-corrected chi connectivity index (χ4v) is 4.87. The Kier molecular flexibility index (Phi) is 6.01. The molecule has 5 rings (SSSR count). The number of carbonyl (C=O) groups excluding carboxylic acids is 2. The summed E-state index contributed by atoms with van der Waals surface area (Å²) in [6.45, 7) is 4.69. The Morgan fingerprint density at radius 1 is 0.722 bits per heavy atom. The molecule has 0 radical (unpaired) electrons. The number of alkyl halides is 2. The molecule has 2 aromatic heterocycles. The zero-order chi connectivity index (χ0) is 25.7. The van der Waals surface area contributed by atoms with Gasteiger partial charge in [0.05, 0.1) is 33.4 Å². The van der Waals surface area contributed by atoms with E-state index < -0.39 is 22.3 Å². The third-order valence-corrected chi connectivity index (χ3v) is 6.90. The number of carbonyl (C=O) groups is 2. The lowest BCUT2D eigenvalue weighted by Gasteiger charge is -2.22. The highest BCUT2D eigenvalue weighted by molar-refractivity contribution is 6.79. The van der Waals surface area contributed by atoms with Gasteiger partial charge < -0.3 is 9.97 Å². The maximum Gasteiger partial charge on any atom is 0.326 e. The largest absolute Gasteiger partial charge is 0.326 e. The number of benzene rings is 2. The number of nitrogens with one attached hydrogen (secondary N) is 2. The fourth-order valence-electron chi connectivity index (χ4n) is 4.33. The Hall–Kier alpha value is -3.76.